The van der Waals surface area contributed by atoms with E-state index in [1.165, 1.54) is 0 Å². The minimum absolute atomic E-state index is 0.00680. The zero-order valence-electron chi connectivity index (χ0n) is 27.3. The molecule has 0 aromatic heterocycles. The maximum Gasteiger partial charge on any atom is 0.328 e. The summed E-state index contributed by atoms with van der Waals surface area (Å²) in [5, 5.41) is 5.54. The summed E-state index contributed by atoms with van der Waals surface area (Å²) < 4.78 is 16.3. The molecular weight excluding hydrogens is 584 g/mol. The van der Waals surface area contributed by atoms with E-state index in [0.717, 1.165) is 62.5 Å². The number of hydrogen-bond donors (Lipinski definition) is 2. The zero-order valence-corrected chi connectivity index (χ0v) is 27.3. The molecule has 2 aromatic rings. The summed E-state index contributed by atoms with van der Waals surface area (Å²) in [7, 11) is 0. The van der Waals surface area contributed by atoms with Crippen molar-refractivity contribution in [2.75, 3.05) is 13.2 Å². The van der Waals surface area contributed by atoms with Crippen molar-refractivity contribution in [3.05, 3.63) is 71.8 Å². The first kappa shape index (κ1) is 38.0. The van der Waals surface area contributed by atoms with Crippen molar-refractivity contribution in [2.24, 2.45) is 5.92 Å². The molecule has 2 rings (SSSR count). The van der Waals surface area contributed by atoms with Gasteiger partial charge in [0.15, 0.2) is 0 Å². The Kier molecular flexibility index (Phi) is 19.2. The summed E-state index contributed by atoms with van der Waals surface area (Å²) in [5.41, 5.74) is 1.60. The second-order valence-corrected chi connectivity index (χ2v) is 11.3. The Balaban J connectivity index is 2.14. The van der Waals surface area contributed by atoms with Gasteiger partial charge >= 0.3 is 11.9 Å². The lowest BCUT2D eigenvalue weighted by molar-refractivity contribution is -0.151. The summed E-state index contributed by atoms with van der Waals surface area (Å²) in [5.74, 6) is 0.0197. The molecular formula is C37H50N2O7. The minimum Gasteiger partial charge on any atom is -0.461 e. The maximum absolute atomic E-state index is 13.6. The fourth-order valence-electron chi connectivity index (χ4n) is 4.82. The first-order chi connectivity index (χ1) is 22.4. The molecule has 0 aliphatic carbocycles. The molecule has 9 nitrogen and oxygen atoms in total. The lowest BCUT2D eigenvalue weighted by atomic mass is 9.94. The molecule has 250 valence electrons. The van der Waals surface area contributed by atoms with Gasteiger partial charge in [-0.15, -0.1) is 6.42 Å². The van der Waals surface area contributed by atoms with Gasteiger partial charge in [-0.1, -0.05) is 119 Å². The number of esters is 2. The summed E-state index contributed by atoms with van der Waals surface area (Å²) in [6.07, 6.45) is 12.5. The number of hydrogen-bond acceptors (Lipinski definition) is 7. The predicted molar refractivity (Wildman–Crippen MR) is 177 cm³/mol. The van der Waals surface area contributed by atoms with Gasteiger partial charge in [0, 0.05) is 12.3 Å². The quantitative estimate of drug-likeness (QED) is 0.0921. The molecule has 0 spiro atoms. The van der Waals surface area contributed by atoms with E-state index < -0.39 is 29.9 Å². The van der Waals surface area contributed by atoms with Crippen LogP contribution in [0.1, 0.15) is 89.2 Å². The number of nitrogens with one attached hydrogen (secondary N) is 2. The Labute approximate surface area is 274 Å². The van der Waals surface area contributed by atoms with Crippen molar-refractivity contribution in [3.63, 3.8) is 0 Å². The van der Waals surface area contributed by atoms with E-state index in [-0.39, 0.29) is 51.1 Å². The van der Waals surface area contributed by atoms with Crippen LogP contribution in [0.2, 0.25) is 0 Å². The molecule has 0 aliphatic heterocycles. The molecule has 0 unspecified atom stereocenters. The highest BCUT2D eigenvalue weighted by atomic mass is 16.5. The SMILES string of the molecule is C#CCOC[C@H](NC(=O)C(CCCCC)CCCCC)C(=O)N[C@H](CCC(=O)OCc1ccccc1)C(=O)OCc1ccccc1. The third-order valence-corrected chi connectivity index (χ3v) is 7.49. The highest BCUT2D eigenvalue weighted by Gasteiger charge is 2.30. The Hall–Kier alpha value is -4.16. The molecule has 2 N–H and O–H groups in total. The topological polar surface area (TPSA) is 120 Å². The molecule has 2 atom stereocenters. The standard InChI is InChI=1S/C37H50N2O7/c1-4-7-11-21-31(22-12-8-5-2)35(41)39-33(28-44-25-6-3)36(42)38-32(37(43)46-27-30-19-15-10-16-20-30)23-24-34(40)45-26-29-17-13-9-14-18-29/h3,9-10,13-20,31-33H,4-5,7-8,11-12,21-28H2,1-2H3,(H,38,42)(H,39,41)/t32-,33+/m1/s1. The number of carbonyl (C=O) groups is 4. The van der Waals surface area contributed by atoms with Crippen LogP contribution in [0, 0.1) is 18.3 Å². The van der Waals surface area contributed by atoms with Crippen LogP contribution >= 0.6 is 0 Å². The van der Waals surface area contributed by atoms with Crippen LogP contribution in [-0.2, 0) is 46.6 Å². The van der Waals surface area contributed by atoms with Crippen molar-refractivity contribution in [3.8, 4) is 12.3 Å². The van der Waals surface area contributed by atoms with Crippen LogP contribution in [-0.4, -0.2) is 49.1 Å². The fourth-order valence-corrected chi connectivity index (χ4v) is 4.82. The van der Waals surface area contributed by atoms with Gasteiger partial charge in [0.05, 0.1) is 6.61 Å². The molecule has 0 bridgehead atoms. The van der Waals surface area contributed by atoms with Gasteiger partial charge in [-0.05, 0) is 30.4 Å². The Morgan fingerprint density at radius 1 is 0.717 bits per heavy atom. The third kappa shape index (κ3) is 15.7. The summed E-state index contributed by atoms with van der Waals surface area (Å²) in [6, 6.07) is 16.1. The van der Waals surface area contributed by atoms with Gasteiger partial charge in [-0.2, -0.15) is 0 Å². The van der Waals surface area contributed by atoms with E-state index in [4.69, 9.17) is 20.6 Å². The Bertz CT molecular complexity index is 1200. The number of unbranched alkanes of at least 4 members (excludes halogenated alkanes) is 4. The van der Waals surface area contributed by atoms with Crippen molar-refractivity contribution in [2.45, 2.75) is 103 Å². The van der Waals surface area contributed by atoms with E-state index >= 15 is 0 Å². The smallest absolute Gasteiger partial charge is 0.328 e. The van der Waals surface area contributed by atoms with Gasteiger partial charge in [0.1, 0.15) is 31.9 Å². The lowest BCUT2D eigenvalue weighted by Gasteiger charge is -2.24. The average Bonchev–Trinajstić information content (AvgIpc) is 3.07. The van der Waals surface area contributed by atoms with Crippen molar-refractivity contribution < 1.29 is 33.4 Å². The van der Waals surface area contributed by atoms with Gasteiger partial charge in [0.25, 0.3) is 0 Å². The van der Waals surface area contributed by atoms with Gasteiger partial charge in [-0.25, -0.2) is 4.79 Å². The molecule has 0 fully saturated rings. The zero-order chi connectivity index (χ0) is 33.4. The van der Waals surface area contributed by atoms with Crippen molar-refractivity contribution in [1.82, 2.24) is 10.6 Å². The second kappa shape index (κ2) is 23.2. The third-order valence-electron chi connectivity index (χ3n) is 7.49. The monoisotopic (exact) mass is 634 g/mol. The number of terminal acetylenes is 1. The predicted octanol–water partition coefficient (Wildman–Crippen LogP) is 5.65. The van der Waals surface area contributed by atoms with Crippen LogP contribution in [0.5, 0.6) is 0 Å². The van der Waals surface area contributed by atoms with Crippen LogP contribution in [0.4, 0.5) is 0 Å². The lowest BCUT2D eigenvalue weighted by Crippen LogP contribution is -2.54. The Morgan fingerprint density at radius 2 is 1.26 bits per heavy atom. The number of ether oxygens (including phenoxy) is 3. The number of rotatable bonds is 23. The van der Waals surface area contributed by atoms with Crippen LogP contribution in [0.25, 0.3) is 0 Å². The first-order valence-corrected chi connectivity index (χ1v) is 16.4. The van der Waals surface area contributed by atoms with Gasteiger partial charge in [-0.3, -0.25) is 14.4 Å². The Morgan fingerprint density at radius 3 is 1.80 bits per heavy atom. The number of amides is 2. The fraction of sp³-hybridized carbons (Fsp3) is 0.514. The van der Waals surface area contributed by atoms with E-state index in [9.17, 15) is 19.2 Å². The van der Waals surface area contributed by atoms with E-state index in [1.807, 2.05) is 60.7 Å². The van der Waals surface area contributed by atoms with Crippen LogP contribution in [0.3, 0.4) is 0 Å². The number of benzene rings is 2. The summed E-state index contributed by atoms with van der Waals surface area (Å²) in [4.78, 5) is 52.8. The van der Waals surface area contributed by atoms with Crippen molar-refractivity contribution in [1.29, 1.82) is 0 Å². The first-order valence-electron chi connectivity index (χ1n) is 16.4. The molecule has 0 radical (unpaired) electrons. The van der Waals surface area contributed by atoms with E-state index in [0.29, 0.717) is 0 Å². The molecule has 0 heterocycles. The molecule has 9 heteroatoms. The summed E-state index contributed by atoms with van der Waals surface area (Å²) in [6.45, 7) is 4.08. The largest absolute Gasteiger partial charge is 0.461 e. The molecule has 2 amide bonds. The highest BCUT2D eigenvalue weighted by Crippen LogP contribution is 2.18. The van der Waals surface area contributed by atoms with Gasteiger partial charge in [0.2, 0.25) is 11.8 Å². The normalized spacial score (nSPS) is 12.0. The second-order valence-electron chi connectivity index (χ2n) is 11.3. The van der Waals surface area contributed by atoms with Gasteiger partial charge < -0.3 is 24.8 Å². The molecule has 46 heavy (non-hydrogen) atoms. The molecule has 0 aliphatic rings. The molecule has 0 saturated carbocycles. The maximum atomic E-state index is 13.6. The minimum atomic E-state index is -1.17. The van der Waals surface area contributed by atoms with E-state index in [2.05, 4.69) is 30.4 Å². The average molecular weight is 635 g/mol. The van der Waals surface area contributed by atoms with Crippen LogP contribution < -0.4 is 10.6 Å². The molecule has 0 saturated heterocycles. The van der Waals surface area contributed by atoms with Crippen molar-refractivity contribution >= 4 is 23.8 Å². The molecule has 2 aromatic carbocycles. The highest BCUT2D eigenvalue weighted by molar-refractivity contribution is 5.91. The van der Waals surface area contributed by atoms with E-state index in [1.54, 1.807) is 0 Å². The summed E-state index contributed by atoms with van der Waals surface area (Å²) >= 11 is 0. The van der Waals surface area contributed by atoms with Crippen LogP contribution in [0.15, 0.2) is 60.7 Å². The number of carbonyl (C=O) groups excluding carboxylic acids is 4.